The molecule has 0 bridgehead atoms. The SMILES string of the molecule is Nc1cc(F)ccc1C(=O)Nc1ccc2cn[nH]c2c1. The number of nitrogen functional groups attached to an aromatic ring is 1. The molecule has 0 aliphatic heterocycles. The maximum Gasteiger partial charge on any atom is 0.257 e. The molecular formula is C14H11FN4O. The van der Waals surface area contributed by atoms with Crippen LogP contribution in [0, 0.1) is 5.82 Å². The molecule has 3 rings (SSSR count). The summed E-state index contributed by atoms with van der Waals surface area (Å²) < 4.78 is 13.0. The molecule has 0 saturated heterocycles. The second-order valence-corrected chi connectivity index (χ2v) is 4.36. The Bertz CT molecular complexity index is 797. The molecule has 0 fully saturated rings. The Kier molecular flexibility index (Phi) is 2.83. The van der Waals surface area contributed by atoms with Gasteiger partial charge in [-0.3, -0.25) is 9.89 Å². The van der Waals surface area contributed by atoms with Gasteiger partial charge < -0.3 is 11.1 Å². The van der Waals surface area contributed by atoms with Crippen LogP contribution in [0.3, 0.4) is 0 Å². The van der Waals surface area contributed by atoms with Gasteiger partial charge in [-0.15, -0.1) is 0 Å². The quantitative estimate of drug-likeness (QED) is 0.626. The molecule has 0 atom stereocenters. The first kappa shape index (κ1) is 12.2. The lowest BCUT2D eigenvalue weighted by molar-refractivity contribution is 0.102. The van der Waals surface area contributed by atoms with Crippen LogP contribution in [-0.4, -0.2) is 16.1 Å². The highest BCUT2D eigenvalue weighted by atomic mass is 19.1. The number of hydrogen-bond acceptors (Lipinski definition) is 3. The first-order valence-electron chi connectivity index (χ1n) is 5.93. The van der Waals surface area contributed by atoms with E-state index in [0.717, 1.165) is 17.0 Å². The normalized spacial score (nSPS) is 10.7. The summed E-state index contributed by atoms with van der Waals surface area (Å²) in [6.45, 7) is 0. The van der Waals surface area contributed by atoms with Crippen LogP contribution in [0.5, 0.6) is 0 Å². The highest BCUT2D eigenvalue weighted by molar-refractivity contribution is 6.08. The van der Waals surface area contributed by atoms with Crippen molar-refractivity contribution in [3.63, 3.8) is 0 Å². The summed E-state index contributed by atoms with van der Waals surface area (Å²) in [4.78, 5) is 12.1. The van der Waals surface area contributed by atoms with Gasteiger partial charge in [0.1, 0.15) is 5.82 Å². The Morgan fingerprint density at radius 1 is 1.25 bits per heavy atom. The second kappa shape index (κ2) is 4.65. The van der Waals surface area contributed by atoms with Gasteiger partial charge >= 0.3 is 0 Å². The Labute approximate surface area is 113 Å². The van der Waals surface area contributed by atoms with E-state index < -0.39 is 5.82 Å². The first-order chi connectivity index (χ1) is 9.63. The van der Waals surface area contributed by atoms with Gasteiger partial charge in [0, 0.05) is 16.8 Å². The highest BCUT2D eigenvalue weighted by Gasteiger charge is 2.11. The molecule has 0 unspecified atom stereocenters. The first-order valence-corrected chi connectivity index (χ1v) is 5.93. The zero-order chi connectivity index (χ0) is 14.1. The number of anilines is 2. The van der Waals surface area contributed by atoms with Crippen molar-refractivity contribution < 1.29 is 9.18 Å². The van der Waals surface area contributed by atoms with E-state index in [4.69, 9.17) is 5.73 Å². The molecule has 2 aromatic carbocycles. The van der Waals surface area contributed by atoms with Crippen molar-refractivity contribution in [2.75, 3.05) is 11.1 Å². The number of aromatic amines is 1. The van der Waals surface area contributed by atoms with Crippen LogP contribution < -0.4 is 11.1 Å². The number of carbonyl (C=O) groups is 1. The van der Waals surface area contributed by atoms with Crippen molar-refractivity contribution in [3.05, 3.63) is 54.0 Å². The number of hydrogen-bond donors (Lipinski definition) is 3. The third-order valence-electron chi connectivity index (χ3n) is 2.96. The molecule has 0 aliphatic carbocycles. The number of amides is 1. The van der Waals surface area contributed by atoms with Gasteiger partial charge in [-0.1, -0.05) is 0 Å². The second-order valence-electron chi connectivity index (χ2n) is 4.36. The van der Waals surface area contributed by atoms with Gasteiger partial charge in [-0.2, -0.15) is 5.10 Å². The van der Waals surface area contributed by atoms with E-state index in [1.54, 1.807) is 18.3 Å². The molecule has 1 aromatic heterocycles. The van der Waals surface area contributed by atoms with Crippen LogP contribution in [0.15, 0.2) is 42.6 Å². The molecule has 20 heavy (non-hydrogen) atoms. The molecule has 5 nitrogen and oxygen atoms in total. The van der Waals surface area contributed by atoms with Crippen LogP contribution in [-0.2, 0) is 0 Å². The highest BCUT2D eigenvalue weighted by Crippen LogP contribution is 2.19. The Morgan fingerprint density at radius 2 is 2.10 bits per heavy atom. The monoisotopic (exact) mass is 270 g/mol. The van der Waals surface area contributed by atoms with E-state index in [2.05, 4.69) is 15.5 Å². The summed E-state index contributed by atoms with van der Waals surface area (Å²) in [7, 11) is 0. The van der Waals surface area contributed by atoms with Crippen molar-refractivity contribution in [3.8, 4) is 0 Å². The van der Waals surface area contributed by atoms with E-state index in [1.165, 1.54) is 12.1 Å². The maximum absolute atomic E-state index is 13.0. The van der Waals surface area contributed by atoms with Gasteiger partial charge in [0.15, 0.2) is 0 Å². The molecule has 1 amide bonds. The molecule has 0 aliphatic rings. The lowest BCUT2D eigenvalue weighted by Gasteiger charge is -2.07. The van der Waals surface area contributed by atoms with Crippen LogP contribution in [0.4, 0.5) is 15.8 Å². The smallest absolute Gasteiger partial charge is 0.257 e. The van der Waals surface area contributed by atoms with Crippen molar-refractivity contribution in [1.29, 1.82) is 0 Å². The van der Waals surface area contributed by atoms with Gasteiger partial charge in [-0.25, -0.2) is 4.39 Å². The topological polar surface area (TPSA) is 83.8 Å². The maximum atomic E-state index is 13.0. The van der Waals surface area contributed by atoms with Crippen molar-refractivity contribution in [2.45, 2.75) is 0 Å². The average Bonchev–Trinajstić information content (AvgIpc) is 2.85. The fourth-order valence-corrected chi connectivity index (χ4v) is 1.95. The minimum atomic E-state index is -0.474. The molecule has 0 spiro atoms. The van der Waals surface area contributed by atoms with Crippen molar-refractivity contribution >= 4 is 28.2 Å². The summed E-state index contributed by atoms with van der Waals surface area (Å²) in [5.41, 5.74) is 7.39. The molecule has 0 saturated carbocycles. The predicted octanol–water partition coefficient (Wildman–Crippen LogP) is 2.54. The lowest BCUT2D eigenvalue weighted by atomic mass is 10.1. The zero-order valence-electron chi connectivity index (χ0n) is 10.4. The fraction of sp³-hybridized carbons (Fsp3) is 0. The molecule has 100 valence electrons. The summed E-state index contributed by atoms with van der Waals surface area (Å²) >= 11 is 0. The van der Waals surface area contributed by atoms with Crippen molar-refractivity contribution in [1.82, 2.24) is 10.2 Å². The van der Waals surface area contributed by atoms with E-state index in [9.17, 15) is 9.18 Å². The molecule has 1 heterocycles. The van der Waals surface area contributed by atoms with Crippen LogP contribution in [0.25, 0.3) is 10.9 Å². The van der Waals surface area contributed by atoms with E-state index >= 15 is 0 Å². The third kappa shape index (κ3) is 2.18. The van der Waals surface area contributed by atoms with E-state index in [-0.39, 0.29) is 17.2 Å². The third-order valence-corrected chi connectivity index (χ3v) is 2.96. The van der Waals surface area contributed by atoms with Gasteiger partial charge in [0.25, 0.3) is 5.91 Å². The average molecular weight is 270 g/mol. The number of benzene rings is 2. The fourth-order valence-electron chi connectivity index (χ4n) is 1.95. The van der Waals surface area contributed by atoms with Gasteiger partial charge in [0.05, 0.1) is 17.3 Å². The minimum Gasteiger partial charge on any atom is -0.398 e. The lowest BCUT2D eigenvalue weighted by Crippen LogP contribution is -2.14. The summed E-state index contributed by atoms with van der Waals surface area (Å²) in [6.07, 6.45) is 1.69. The van der Waals surface area contributed by atoms with Crippen LogP contribution in [0.1, 0.15) is 10.4 Å². The number of halogens is 1. The minimum absolute atomic E-state index is 0.102. The Hall–Kier alpha value is -2.89. The van der Waals surface area contributed by atoms with Crippen molar-refractivity contribution in [2.24, 2.45) is 0 Å². The summed E-state index contributed by atoms with van der Waals surface area (Å²) in [5.74, 6) is -0.862. The molecule has 0 radical (unpaired) electrons. The number of aromatic nitrogens is 2. The standard InChI is InChI=1S/C14H11FN4O/c15-9-2-4-11(12(16)5-9)14(20)18-10-3-1-8-7-17-19-13(8)6-10/h1-7H,16H2,(H,17,19)(H,18,20). The van der Waals surface area contributed by atoms with Gasteiger partial charge in [0.2, 0.25) is 0 Å². The summed E-state index contributed by atoms with van der Waals surface area (Å²) in [5, 5.41) is 10.4. The van der Waals surface area contributed by atoms with Crippen LogP contribution in [0.2, 0.25) is 0 Å². The summed E-state index contributed by atoms with van der Waals surface area (Å²) in [6, 6.07) is 9.03. The number of fused-ring (bicyclic) bond motifs is 1. The number of carbonyl (C=O) groups excluding carboxylic acids is 1. The van der Waals surface area contributed by atoms with E-state index in [0.29, 0.717) is 5.69 Å². The number of nitrogens with one attached hydrogen (secondary N) is 2. The largest absolute Gasteiger partial charge is 0.398 e. The van der Waals surface area contributed by atoms with Gasteiger partial charge in [-0.05, 0) is 36.4 Å². The molecular weight excluding hydrogens is 259 g/mol. The number of nitrogens with two attached hydrogens (primary N) is 1. The number of H-pyrrole nitrogens is 1. The zero-order valence-corrected chi connectivity index (χ0v) is 10.4. The molecule has 6 heteroatoms. The Morgan fingerprint density at radius 3 is 2.90 bits per heavy atom. The molecule has 3 aromatic rings. The van der Waals surface area contributed by atoms with Crippen LogP contribution >= 0.6 is 0 Å². The van der Waals surface area contributed by atoms with E-state index in [1.807, 2.05) is 6.07 Å². The Balaban J connectivity index is 1.87. The molecule has 4 N–H and O–H groups in total. The predicted molar refractivity (Wildman–Crippen MR) is 74.9 cm³/mol. The number of rotatable bonds is 2. The number of nitrogens with zero attached hydrogens (tertiary/aromatic N) is 1.